The Bertz CT molecular complexity index is 766. The number of guanidine groups is 1. The molecular formula is C23H34IN3O3. The number of rotatable bonds is 10. The van der Waals surface area contributed by atoms with Gasteiger partial charge in [0.2, 0.25) is 0 Å². The van der Waals surface area contributed by atoms with Crippen molar-refractivity contribution < 1.29 is 14.2 Å². The molecular weight excluding hydrogens is 493 g/mol. The Kier molecular flexibility index (Phi) is 11.9. The molecule has 0 aromatic heterocycles. The van der Waals surface area contributed by atoms with Crippen molar-refractivity contribution in [1.82, 2.24) is 10.6 Å². The number of halogens is 1. The second kappa shape index (κ2) is 14.4. The van der Waals surface area contributed by atoms with Crippen LogP contribution in [0.25, 0.3) is 10.8 Å². The molecule has 0 saturated carbocycles. The third-order valence-corrected chi connectivity index (χ3v) is 4.96. The Morgan fingerprint density at radius 2 is 1.70 bits per heavy atom. The summed E-state index contributed by atoms with van der Waals surface area (Å²) in [7, 11) is 1.79. The zero-order chi connectivity index (χ0) is 20.2. The third kappa shape index (κ3) is 8.65. The molecule has 1 fully saturated rings. The van der Waals surface area contributed by atoms with E-state index in [9.17, 15) is 0 Å². The van der Waals surface area contributed by atoms with Crippen LogP contribution in [0.2, 0.25) is 0 Å². The summed E-state index contributed by atoms with van der Waals surface area (Å²) in [6.07, 6.45) is 4.25. The lowest BCUT2D eigenvalue weighted by Gasteiger charge is -2.22. The van der Waals surface area contributed by atoms with Crippen molar-refractivity contribution in [2.45, 2.75) is 31.8 Å². The minimum Gasteiger partial charge on any atom is -0.494 e. The molecule has 1 aliphatic rings. The van der Waals surface area contributed by atoms with E-state index in [0.717, 1.165) is 70.3 Å². The van der Waals surface area contributed by atoms with Gasteiger partial charge in [-0.1, -0.05) is 30.3 Å². The lowest BCUT2D eigenvalue weighted by molar-refractivity contribution is -0.0320. The molecule has 0 amide bonds. The van der Waals surface area contributed by atoms with Gasteiger partial charge >= 0.3 is 0 Å². The van der Waals surface area contributed by atoms with Crippen LogP contribution in [0.15, 0.2) is 47.5 Å². The van der Waals surface area contributed by atoms with Crippen LogP contribution in [-0.4, -0.2) is 58.6 Å². The van der Waals surface area contributed by atoms with Crippen LogP contribution < -0.4 is 15.4 Å². The first-order chi connectivity index (χ1) is 14.3. The van der Waals surface area contributed by atoms with Crippen LogP contribution in [-0.2, 0) is 9.47 Å². The molecule has 1 aliphatic heterocycles. The molecule has 2 aromatic carbocycles. The molecule has 7 heteroatoms. The molecule has 2 aromatic rings. The van der Waals surface area contributed by atoms with Crippen molar-refractivity contribution in [3.63, 3.8) is 0 Å². The largest absolute Gasteiger partial charge is 0.494 e. The van der Waals surface area contributed by atoms with E-state index < -0.39 is 0 Å². The van der Waals surface area contributed by atoms with Gasteiger partial charge in [0, 0.05) is 40.0 Å². The van der Waals surface area contributed by atoms with Gasteiger partial charge in [0.05, 0.1) is 12.7 Å². The third-order valence-electron chi connectivity index (χ3n) is 4.96. The van der Waals surface area contributed by atoms with Crippen LogP contribution in [0, 0.1) is 0 Å². The SMILES string of the molecule is CN=C(NCCCOc1ccc2ccccc2c1)NCCCOC1CCOCC1.I. The predicted molar refractivity (Wildman–Crippen MR) is 133 cm³/mol. The summed E-state index contributed by atoms with van der Waals surface area (Å²) in [6.45, 7) is 4.74. The minimum absolute atomic E-state index is 0. The summed E-state index contributed by atoms with van der Waals surface area (Å²) >= 11 is 0. The molecule has 0 spiro atoms. The van der Waals surface area contributed by atoms with Gasteiger partial charge in [-0.2, -0.15) is 0 Å². The van der Waals surface area contributed by atoms with Gasteiger partial charge in [-0.05, 0) is 48.6 Å². The van der Waals surface area contributed by atoms with Crippen LogP contribution in [0.4, 0.5) is 0 Å². The molecule has 0 atom stereocenters. The highest BCUT2D eigenvalue weighted by Crippen LogP contribution is 2.20. The van der Waals surface area contributed by atoms with Gasteiger partial charge < -0.3 is 24.8 Å². The number of fused-ring (bicyclic) bond motifs is 1. The van der Waals surface area contributed by atoms with E-state index in [1.54, 1.807) is 7.05 Å². The van der Waals surface area contributed by atoms with Crippen LogP contribution in [0.5, 0.6) is 5.75 Å². The van der Waals surface area contributed by atoms with Crippen molar-refractivity contribution >= 4 is 40.7 Å². The van der Waals surface area contributed by atoms with Gasteiger partial charge in [-0.3, -0.25) is 4.99 Å². The Morgan fingerprint density at radius 1 is 1.00 bits per heavy atom. The quantitative estimate of drug-likeness (QED) is 0.212. The minimum atomic E-state index is 0. The fourth-order valence-electron chi connectivity index (χ4n) is 3.32. The number of nitrogens with one attached hydrogen (secondary N) is 2. The van der Waals surface area contributed by atoms with E-state index in [0.29, 0.717) is 12.7 Å². The van der Waals surface area contributed by atoms with Crippen molar-refractivity contribution in [3.8, 4) is 5.75 Å². The number of hydrogen-bond donors (Lipinski definition) is 2. The fourth-order valence-corrected chi connectivity index (χ4v) is 3.32. The molecule has 0 bridgehead atoms. The van der Waals surface area contributed by atoms with E-state index >= 15 is 0 Å². The van der Waals surface area contributed by atoms with Crippen molar-refractivity contribution in [2.24, 2.45) is 4.99 Å². The second-order valence-electron chi connectivity index (χ2n) is 7.17. The molecule has 0 radical (unpaired) electrons. The van der Waals surface area contributed by atoms with E-state index in [1.165, 1.54) is 10.8 Å². The maximum absolute atomic E-state index is 5.88. The Morgan fingerprint density at radius 3 is 2.43 bits per heavy atom. The molecule has 3 rings (SSSR count). The zero-order valence-electron chi connectivity index (χ0n) is 17.8. The number of nitrogens with zero attached hydrogens (tertiary/aromatic N) is 1. The molecule has 30 heavy (non-hydrogen) atoms. The first kappa shape index (κ1) is 24.7. The normalized spacial score (nSPS) is 14.9. The van der Waals surface area contributed by atoms with Crippen molar-refractivity contribution in [1.29, 1.82) is 0 Å². The van der Waals surface area contributed by atoms with Crippen molar-refractivity contribution in [3.05, 3.63) is 42.5 Å². The summed E-state index contributed by atoms with van der Waals surface area (Å²) < 4.78 is 17.1. The number of benzene rings is 2. The van der Waals surface area contributed by atoms with Crippen molar-refractivity contribution in [2.75, 3.05) is 46.6 Å². The molecule has 1 heterocycles. The molecule has 0 unspecified atom stereocenters. The maximum Gasteiger partial charge on any atom is 0.190 e. The molecule has 6 nitrogen and oxygen atoms in total. The number of aliphatic imine (C=N–C) groups is 1. The topological polar surface area (TPSA) is 64.1 Å². The van der Waals surface area contributed by atoms with Crippen LogP contribution in [0.3, 0.4) is 0 Å². The highest BCUT2D eigenvalue weighted by atomic mass is 127. The standard InChI is InChI=1S/C23H33N3O3.HI/c1-24-23(25-12-4-14-28-21-10-16-27-17-11-21)26-13-5-15-29-22-9-8-19-6-2-3-7-20(19)18-22;/h2-3,6-9,18,21H,4-5,10-17H2,1H3,(H2,24,25,26);1H. The summed E-state index contributed by atoms with van der Waals surface area (Å²) in [5.74, 6) is 1.73. The Balaban J connectivity index is 0.00000320. The summed E-state index contributed by atoms with van der Waals surface area (Å²) in [4.78, 5) is 4.26. The summed E-state index contributed by atoms with van der Waals surface area (Å²) in [5, 5.41) is 9.09. The number of hydrogen-bond acceptors (Lipinski definition) is 4. The first-order valence-corrected chi connectivity index (χ1v) is 10.6. The van der Waals surface area contributed by atoms with Gasteiger partial charge in [0.15, 0.2) is 5.96 Å². The lowest BCUT2D eigenvalue weighted by Crippen LogP contribution is -2.39. The van der Waals surface area contributed by atoms with Gasteiger partial charge in [-0.25, -0.2) is 0 Å². The second-order valence-corrected chi connectivity index (χ2v) is 7.17. The lowest BCUT2D eigenvalue weighted by atomic mass is 10.1. The van der Waals surface area contributed by atoms with Crippen LogP contribution in [0.1, 0.15) is 25.7 Å². The monoisotopic (exact) mass is 527 g/mol. The highest BCUT2D eigenvalue weighted by molar-refractivity contribution is 14.0. The van der Waals surface area contributed by atoms with Gasteiger partial charge in [0.25, 0.3) is 0 Å². The Hall–Kier alpha value is -1.58. The number of ether oxygens (including phenoxy) is 3. The predicted octanol–water partition coefficient (Wildman–Crippen LogP) is 3.98. The van der Waals surface area contributed by atoms with E-state index in [2.05, 4.69) is 46.0 Å². The summed E-state index contributed by atoms with van der Waals surface area (Å²) in [5.41, 5.74) is 0. The molecule has 166 valence electrons. The zero-order valence-corrected chi connectivity index (χ0v) is 20.1. The van der Waals surface area contributed by atoms with Gasteiger partial charge in [0.1, 0.15) is 5.75 Å². The first-order valence-electron chi connectivity index (χ1n) is 10.6. The van der Waals surface area contributed by atoms with E-state index in [1.807, 2.05) is 12.1 Å². The molecule has 2 N–H and O–H groups in total. The average molecular weight is 527 g/mol. The smallest absolute Gasteiger partial charge is 0.190 e. The molecule has 1 saturated heterocycles. The molecule has 0 aliphatic carbocycles. The fraction of sp³-hybridized carbons (Fsp3) is 0.522. The van der Waals surface area contributed by atoms with Gasteiger partial charge in [-0.15, -0.1) is 24.0 Å². The highest BCUT2D eigenvalue weighted by Gasteiger charge is 2.13. The summed E-state index contributed by atoms with van der Waals surface area (Å²) in [6, 6.07) is 14.5. The Labute approximate surface area is 196 Å². The van der Waals surface area contributed by atoms with E-state index in [-0.39, 0.29) is 24.0 Å². The van der Waals surface area contributed by atoms with E-state index in [4.69, 9.17) is 14.2 Å². The van der Waals surface area contributed by atoms with Crippen LogP contribution >= 0.6 is 24.0 Å². The average Bonchev–Trinajstić information content (AvgIpc) is 2.78. The maximum atomic E-state index is 5.88.